The zero-order valence-electron chi connectivity index (χ0n) is 21.0. The lowest BCUT2D eigenvalue weighted by atomic mass is 10.1. The van der Waals surface area contributed by atoms with Crippen LogP contribution in [0.15, 0.2) is 60.7 Å². The minimum absolute atomic E-state index is 0.0369. The normalized spacial score (nSPS) is 13.5. The van der Waals surface area contributed by atoms with E-state index in [1.165, 1.54) is 11.1 Å². The van der Waals surface area contributed by atoms with Crippen molar-refractivity contribution < 1.29 is 19.0 Å². The van der Waals surface area contributed by atoms with E-state index in [0.717, 1.165) is 41.6 Å². The molecule has 1 saturated heterocycles. The first kappa shape index (κ1) is 24.5. The van der Waals surface area contributed by atoms with Gasteiger partial charge in [-0.2, -0.15) is 0 Å². The minimum Gasteiger partial charge on any atom is -0.497 e. The van der Waals surface area contributed by atoms with Gasteiger partial charge in [-0.15, -0.1) is 0 Å². The van der Waals surface area contributed by atoms with Crippen LogP contribution in [-0.2, 0) is 6.61 Å². The predicted octanol–water partition coefficient (Wildman–Crippen LogP) is 5.25. The minimum atomic E-state index is 0.0369. The smallest absolute Gasteiger partial charge is 0.253 e. The molecule has 6 heteroatoms. The molecule has 3 aromatic carbocycles. The van der Waals surface area contributed by atoms with E-state index < -0.39 is 0 Å². The van der Waals surface area contributed by atoms with Crippen molar-refractivity contribution in [3.8, 4) is 17.2 Å². The van der Waals surface area contributed by atoms with E-state index in [-0.39, 0.29) is 5.91 Å². The van der Waals surface area contributed by atoms with E-state index in [1.807, 2.05) is 54.3 Å². The number of hydrogen-bond donors (Lipinski definition) is 0. The second-order valence-corrected chi connectivity index (χ2v) is 8.77. The summed E-state index contributed by atoms with van der Waals surface area (Å²) in [6.45, 7) is 9.92. The molecule has 0 N–H and O–H groups in total. The highest BCUT2D eigenvalue weighted by molar-refractivity contribution is 5.94. The second-order valence-electron chi connectivity index (χ2n) is 8.77. The SMILES string of the molecule is CCOc1ccc(C(=O)N2CCN(c3ccc(OC)cc3)CC2)cc1COc1ccc(C)c(C)c1. The van der Waals surface area contributed by atoms with Gasteiger partial charge in [0.05, 0.1) is 13.7 Å². The van der Waals surface area contributed by atoms with Crippen molar-refractivity contribution in [1.29, 1.82) is 0 Å². The molecule has 1 fully saturated rings. The molecule has 3 aromatic rings. The number of anilines is 1. The van der Waals surface area contributed by atoms with Crippen LogP contribution in [0, 0.1) is 13.8 Å². The molecular weight excluding hydrogens is 440 g/mol. The summed E-state index contributed by atoms with van der Waals surface area (Å²) in [5, 5.41) is 0. The number of hydrogen-bond acceptors (Lipinski definition) is 5. The maximum Gasteiger partial charge on any atom is 0.253 e. The van der Waals surface area contributed by atoms with Crippen LogP contribution in [0.25, 0.3) is 0 Å². The third kappa shape index (κ3) is 5.88. The quantitative estimate of drug-likeness (QED) is 0.446. The van der Waals surface area contributed by atoms with Gasteiger partial charge < -0.3 is 24.0 Å². The number of benzene rings is 3. The molecule has 0 atom stereocenters. The van der Waals surface area contributed by atoms with Crippen molar-refractivity contribution in [2.24, 2.45) is 0 Å². The largest absolute Gasteiger partial charge is 0.497 e. The number of aryl methyl sites for hydroxylation is 2. The standard InChI is InChI=1S/C29H34N2O4/c1-5-34-28-13-7-23(19-24(28)20-35-27-10-6-21(2)22(3)18-27)29(32)31-16-14-30(15-17-31)25-8-11-26(33-4)12-9-25/h6-13,18-19H,5,14-17,20H2,1-4H3. The highest BCUT2D eigenvalue weighted by Gasteiger charge is 2.23. The third-order valence-corrected chi connectivity index (χ3v) is 6.48. The summed E-state index contributed by atoms with van der Waals surface area (Å²) in [5.41, 5.74) is 5.08. The molecule has 0 spiro atoms. The maximum absolute atomic E-state index is 13.3. The Hall–Kier alpha value is -3.67. The van der Waals surface area contributed by atoms with Gasteiger partial charge in [0.25, 0.3) is 5.91 Å². The van der Waals surface area contributed by atoms with E-state index in [9.17, 15) is 4.79 Å². The van der Waals surface area contributed by atoms with Gasteiger partial charge in [-0.25, -0.2) is 0 Å². The number of carbonyl (C=O) groups excluding carboxylic acids is 1. The van der Waals surface area contributed by atoms with Crippen molar-refractivity contribution in [2.45, 2.75) is 27.4 Å². The van der Waals surface area contributed by atoms with Crippen LogP contribution in [0.1, 0.15) is 34.0 Å². The number of ether oxygens (including phenoxy) is 3. The molecule has 0 radical (unpaired) electrons. The van der Waals surface area contributed by atoms with Crippen LogP contribution in [0.5, 0.6) is 17.2 Å². The van der Waals surface area contributed by atoms with Gasteiger partial charge >= 0.3 is 0 Å². The first-order valence-electron chi connectivity index (χ1n) is 12.1. The predicted molar refractivity (Wildman–Crippen MR) is 139 cm³/mol. The number of carbonyl (C=O) groups is 1. The number of nitrogens with zero attached hydrogens (tertiary/aromatic N) is 2. The molecule has 1 heterocycles. The van der Waals surface area contributed by atoms with E-state index in [4.69, 9.17) is 14.2 Å². The van der Waals surface area contributed by atoms with E-state index >= 15 is 0 Å². The highest BCUT2D eigenvalue weighted by atomic mass is 16.5. The molecule has 4 rings (SSSR count). The molecule has 1 aliphatic heterocycles. The molecule has 0 aliphatic carbocycles. The number of amides is 1. The van der Waals surface area contributed by atoms with Crippen LogP contribution in [0.2, 0.25) is 0 Å². The molecule has 0 unspecified atom stereocenters. The zero-order chi connectivity index (χ0) is 24.8. The van der Waals surface area contributed by atoms with Crippen LogP contribution >= 0.6 is 0 Å². The van der Waals surface area contributed by atoms with Crippen molar-refractivity contribution >= 4 is 11.6 Å². The lowest BCUT2D eigenvalue weighted by Gasteiger charge is -2.36. The van der Waals surface area contributed by atoms with Crippen LogP contribution in [0.4, 0.5) is 5.69 Å². The Bertz CT molecular complexity index is 1150. The number of rotatable bonds is 8. The lowest BCUT2D eigenvalue weighted by Crippen LogP contribution is -2.48. The van der Waals surface area contributed by atoms with Crippen LogP contribution < -0.4 is 19.1 Å². The summed E-state index contributed by atoms with van der Waals surface area (Å²) in [4.78, 5) is 17.5. The van der Waals surface area contributed by atoms with Crippen molar-refractivity contribution in [3.63, 3.8) is 0 Å². The van der Waals surface area contributed by atoms with E-state index in [2.05, 4.69) is 36.9 Å². The van der Waals surface area contributed by atoms with Crippen LogP contribution in [-0.4, -0.2) is 50.7 Å². The fourth-order valence-electron chi connectivity index (χ4n) is 4.23. The Balaban J connectivity index is 1.43. The monoisotopic (exact) mass is 474 g/mol. The van der Waals surface area contributed by atoms with Gasteiger partial charge in [-0.05, 0) is 86.5 Å². The molecule has 1 amide bonds. The summed E-state index contributed by atoms with van der Waals surface area (Å²) in [7, 11) is 1.67. The first-order valence-corrected chi connectivity index (χ1v) is 12.1. The average molecular weight is 475 g/mol. The molecular formula is C29H34N2O4. The Kier molecular flexibility index (Phi) is 7.80. The van der Waals surface area contributed by atoms with Gasteiger partial charge in [-0.3, -0.25) is 4.79 Å². The summed E-state index contributed by atoms with van der Waals surface area (Å²) >= 11 is 0. The molecule has 184 valence electrons. The van der Waals surface area contributed by atoms with Gasteiger partial charge in [0, 0.05) is 43.0 Å². The summed E-state index contributed by atoms with van der Waals surface area (Å²) in [6, 6.07) is 19.8. The molecule has 0 saturated carbocycles. The highest BCUT2D eigenvalue weighted by Crippen LogP contribution is 2.26. The first-order chi connectivity index (χ1) is 17.0. The Morgan fingerprint density at radius 2 is 1.54 bits per heavy atom. The van der Waals surface area contributed by atoms with Crippen molar-refractivity contribution in [1.82, 2.24) is 4.90 Å². The van der Waals surface area contributed by atoms with Crippen molar-refractivity contribution in [2.75, 3.05) is 44.8 Å². The average Bonchev–Trinajstić information content (AvgIpc) is 2.90. The van der Waals surface area contributed by atoms with Crippen LogP contribution in [0.3, 0.4) is 0 Å². The third-order valence-electron chi connectivity index (χ3n) is 6.48. The van der Waals surface area contributed by atoms with Crippen molar-refractivity contribution in [3.05, 3.63) is 82.9 Å². The second kappa shape index (κ2) is 11.2. The fourth-order valence-corrected chi connectivity index (χ4v) is 4.23. The van der Waals surface area contributed by atoms with Gasteiger partial charge in [0.2, 0.25) is 0 Å². The topological polar surface area (TPSA) is 51.2 Å². The summed E-state index contributed by atoms with van der Waals surface area (Å²) in [6.07, 6.45) is 0. The number of piperazine rings is 1. The van der Waals surface area contributed by atoms with E-state index in [1.54, 1.807) is 7.11 Å². The Labute approximate surface area is 208 Å². The Morgan fingerprint density at radius 3 is 2.20 bits per heavy atom. The zero-order valence-corrected chi connectivity index (χ0v) is 21.0. The number of methoxy groups -OCH3 is 1. The van der Waals surface area contributed by atoms with Gasteiger partial charge in [0.15, 0.2) is 0 Å². The van der Waals surface area contributed by atoms with Gasteiger partial charge in [0.1, 0.15) is 23.9 Å². The fraction of sp³-hybridized carbons (Fsp3) is 0.345. The summed E-state index contributed by atoms with van der Waals surface area (Å²) < 4.78 is 17.1. The molecule has 0 aromatic heterocycles. The molecule has 35 heavy (non-hydrogen) atoms. The molecule has 0 bridgehead atoms. The Morgan fingerprint density at radius 1 is 0.829 bits per heavy atom. The summed E-state index contributed by atoms with van der Waals surface area (Å²) in [5.74, 6) is 2.43. The molecule has 6 nitrogen and oxygen atoms in total. The van der Waals surface area contributed by atoms with Gasteiger partial charge in [-0.1, -0.05) is 6.07 Å². The maximum atomic E-state index is 13.3. The van der Waals surface area contributed by atoms with E-state index in [0.29, 0.717) is 31.9 Å². The lowest BCUT2D eigenvalue weighted by molar-refractivity contribution is 0.0746. The molecule has 1 aliphatic rings.